The van der Waals surface area contributed by atoms with Gasteiger partial charge >= 0.3 is 0 Å². The average Bonchev–Trinajstić information content (AvgIpc) is 2.15. The zero-order valence-electron chi connectivity index (χ0n) is 7.88. The normalized spacial score (nSPS) is 12.2. The SMILES string of the molecule is COc1ccc(NCC(C)F)cc1. The third-order valence-electron chi connectivity index (χ3n) is 1.68. The van der Waals surface area contributed by atoms with Gasteiger partial charge in [0.15, 0.2) is 0 Å². The van der Waals surface area contributed by atoms with Crippen LogP contribution in [0.15, 0.2) is 24.3 Å². The van der Waals surface area contributed by atoms with Crippen molar-refractivity contribution in [3.63, 3.8) is 0 Å². The van der Waals surface area contributed by atoms with Crippen LogP contribution in [0.4, 0.5) is 10.1 Å². The Morgan fingerprint density at radius 3 is 2.46 bits per heavy atom. The monoisotopic (exact) mass is 183 g/mol. The van der Waals surface area contributed by atoms with Gasteiger partial charge in [-0.05, 0) is 31.2 Å². The van der Waals surface area contributed by atoms with Gasteiger partial charge in [-0.2, -0.15) is 0 Å². The fourth-order valence-electron chi connectivity index (χ4n) is 0.967. The first kappa shape index (κ1) is 9.84. The lowest BCUT2D eigenvalue weighted by atomic mass is 10.3. The van der Waals surface area contributed by atoms with Crippen LogP contribution in [-0.4, -0.2) is 19.8 Å². The summed E-state index contributed by atoms with van der Waals surface area (Å²) in [4.78, 5) is 0. The lowest BCUT2D eigenvalue weighted by Crippen LogP contribution is -2.10. The smallest absolute Gasteiger partial charge is 0.119 e. The standard InChI is InChI=1S/C10H14FNO/c1-8(11)7-12-9-3-5-10(13-2)6-4-9/h3-6,8,12H,7H2,1-2H3. The zero-order chi connectivity index (χ0) is 9.68. The van der Waals surface area contributed by atoms with Crippen LogP contribution in [0, 0.1) is 0 Å². The number of rotatable bonds is 4. The van der Waals surface area contributed by atoms with Crippen molar-refractivity contribution in [2.24, 2.45) is 0 Å². The summed E-state index contributed by atoms with van der Waals surface area (Å²) in [6, 6.07) is 7.40. The van der Waals surface area contributed by atoms with Crippen LogP contribution >= 0.6 is 0 Å². The van der Waals surface area contributed by atoms with Crippen molar-refractivity contribution in [1.82, 2.24) is 0 Å². The third kappa shape index (κ3) is 3.32. The molecule has 0 aliphatic carbocycles. The number of halogens is 1. The summed E-state index contributed by atoms with van der Waals surface area (Å²) in [5.74, 6) is 0.804. The average molecular weight is 183 g/mol. The van der Waals surface area contributed by atoms with Crippen LogP contribution in [0.5, 0.6) is 5.75 Å². The lowest BCUT2D eigenvalue weighted by molar-refractivity contribution is 0.378. The first-order valence-electron chi connectivity index (χ1n) is 4.24. The summed E-state index contributed by atoms with van der Waals surface area (Å²) >= 11 is 0. The van der Waals surface area contributed by atoms with Crippen molar-refractivity contribution in [1.29, 1.82) is 0 Å². The fourth-order valence-corrected chi connectivity index (χ4v) is 0.967. The van der Waals surface area contributed by atoms with E-state index in [0.29, 0.717) is 6.54 Å². The Kier molecular flexibility index (Phi) is 3.55. The summed E-state index contributed by atoms with van der Waals surface area (Å²) in [6.07, 6.45) is -0.831. The second-order valence-electron chi connectivity index (χ2n) is 2.89. The Balaban J connectivity index is 2.49. The molecule has 1 unspecified atom stereocenters. The van der Waals surface area contributed by atoms with Crippen LogP contribution in [0.25, 0.3) is 0 Å². The van der Waals surface area contributed by atoms with Gasteiger partial charge in [0.2, 0.25) is 0 Å². The largest absolute Gasteiger partial charge is 0.497 e. The van der Waals surface area contributed by atoms with Crippen LogP contribution in [0.2, 0.25) is 0 Å². The Labute approximate surface area is 77.7 Å². The van der Waals surface area contributed by atoms with Crippen molar-refractivity contribution < 1.29 is 9.13 Å². The van der Waals surface area contributed by atoms with Crippen LogP contribution in [0.3, 0.4) is 0 Å². The van der Waals surface area contributed by atoms with Crippen LogP contribution < -0.4 is 10.1 Å². The van der Waals surface area contributed by atoms with Gasteiger partial charge in [-0.3, -0.25) is 0 Å². The Hall–Kier alpha value is -1.25. The molecule has 0 spiro atoms. The number of methoxy groups -OCH3 is 1. The minimum absolute atomic E-state index is 0.340. The predicted octanol–water partition coefficient (Wildman–Crippen LogP) is 2.47. The van der Waals surface area contributed by atoms with E-state index in [1.165, 1.54) is 6.92 Å². The molecule has 13 heavy (non-hydrogen) atoms. The van der Waals surface area contributed by atoms with Crippen molar-refractivity contribution in [2.45, 2.75) is 13.1 Å². The molecule has 0 amide bonds. The molecule has 72 valence electrons. The van der Waals surface area contributed by atoms with Crippen molar-refractivity contribution >= 4 is 5.69 Å². The van der Waals surface area contributed by atoms with Gasteiger partial charge in [0.25, 0.3) is 0 Å². The number of ether oxygens (including phenoxy) is 1. The van der Waals surface area contributed by atoms with Gasteiger partial charge in [0.05, 0.1) is 7.11 Å². The van der Waals surface area contributed by atoms with E-state index >= 15 is 0 Å². The van der Waals surface area contributed by atoms with Crippen molar-refractivity contribution in [2.75, 3.05) is 19.0 Å². The van der Waals surface area contributed by atoms with Gasteiger partial charge in [-0.15, -0.1) is 0 Å². The highest BCUT2D eigenvalue weighted by Gasteiger charge is 1.97. The van der Waals surface area contributed by atoms with E-state index in [1.807, 2.05) is 24.3 Å². The Bertz CT molecular complexity index is 246. The molecule has 0 heterocycles. The van der Waals surface area contributed by atoms with Gasteiger partial charge < -0.3 is 10.1 Å². The highest BCUT2D eigenvalue weighted by atomic mass is 19.1. The topological polar surface area (TPSA) is 21.3 Å². The van der Waals surface area contributed by atoms with E-state index in [1.54, 1.807) is 7.11 Å². The molecule has 0 saturated heterocycles. The highest BCUT2D eigenvalue weighted by molar-refractivity contribution is 5.46. The highest BCUT2D eigenvalue weighted by Crippen LogP contribution is 2.14. The van der Waals surface area contributed by atoms with Gasteiger partial charge in [-0.25, -0.2) is 4.39 Å². The summed E-state index contributed by atoms with van der Waals surface area (Å²) in [5.41, 5.74) is 0.908. The van der Waals surface area contributed by atoms with E-state index in [2.05, 4.69) is 5.32 Å². The molecular weight excluding hydrogens is 169 g/mol. The summed E-state index contributed by atoms with van der Waals surface area (Å²) < 4.78 is 17.4. The molecule has 0 saturated carbocycles. The maximum absolute atomic E-state index is 12.4. The van der Waals surface area contributed by atoms with Crippen molar-refractivity contribution in [3.05, 3.63) is 24.3 Å². The number of nitrogens with one attached hydrogen (secondary N) is 1. The molecule has 0 bridgehead atoms. The predicted molar refractivity (Wildman–Crippen MR) is 52.1 cm³/mol. The molecule has 3 heteroatoms. The minimum Gasteiger partial charge on any atom is -0.497 e. The number of alkyl halides is 1. The number of benzene rings is 1. The molecule has 0 aliphatic heterocycles. The van der Waals surface area contributed by atoms with E-state index in [0.717, 1.165) is 11.4 Å². The molecule has 1 aromatic carbocycles. The Morgan fingerprint density at radius 2 is 2.00 bits per heavy atom. The fraction of sp³-hybridized carbons (Fsp3) is 0.400. The summed E-state index contributed by atoms with van der Waals surface area (Å²) in [7, 11) is 1.62. The second-order valence-corrected chi connectivity index (χ2v) is 2.89. The first-order valence-corrected chi connectivity index (χ1v) is 4.24. The first-order chi connectivity index (χ1) is 6.22. The molecule has 0 aromatic heterocycles. The summed E-state index contributed by atoms with van der Waals surface area (Å²) in [6.45, 7) is 1.86. The van der Waals surface area contributed by atoms with Gasteiger partial charge in [0.1, 0.15) is 11.9 Å². The maximum atomic E-state index is 12.4. The molecule has 1 rings (SSSR count). The number of hydrogen-bond donors (Lipinski definition) is 1. The van der Waals surface area contributed by atoms with E-state index in [-0.39, 0.29) is 0 Å². The van der Waals surface area contributed by atoms with Gasteiger partial charge in [0, 0.05) is 12.2 Å². The Morgan fingerprint density at radius 1 is 1.38 bits per heavy atom. The maximum Gasteiger partial charge on any atom is 0.119 e. The number of anilines is 1. The molecular formula is C10H14FNO. The van der Waals surface area contributed by atoms with E-state index in [4.69, 9.17) is 4.74 Å². The zero-order valence-corrected chi connectivity index (χ0v) is 7.88. The molecule has 2 nitrogen and oxygen atoms in total. The van der Waals surface area contributed by atoms with Crippen molar-refractivity contribution in [3.8, 4) is 5.75 Å². The molecule has 0 fully saturated rings. The molecule has 1 N–H and O–H groups in total. The van der Waals surface area contributed by atoms with Crippen LogP contribution in [0.1, 0.15) is 6.92 Å². The third-order valence-corrected chi connectivity index (χ3v) is 1.68. The molecule has 0 aliphatic rings. The molecule has 1 aromatic rings. The van der Waals surface area contributed by atoms with E-state index < -0.39 is 6.17 Å². The lowest BCUT2D eigenvalue weighted by Gasteiger charge is -2.07. The number of hydrogen-bond acceptors (Lipinski definition) is 2. The summed E-state index contributed by atoms with van der Waals surface area (Å²) in [5, 5.41) is 2.96. The van der Waals surface area contributed by atoms with E-state index in [9.17, 15) is 4.39 Å². The van der Waals surface area contributed by atoms with Gasteiger partial charge in [-0.1, -0.05) is 0 Å². The second kappa shape index (κ2) is 4.70. The minimum atomic E-state index is -0.831. The van der Waals surface area contributed by atoms with Crippen LogP contribution in [-0.2, 0) is 0 Å². The quantitative estimate of drug-likeness (QED) is 0.774. The molecule has 0 radical (unpaired) electrons. The molecule has 1 atom stereocenters.